The maximum absolute atomic E-state index is 13.9. The zero-order valence-electron chi connectivity index (χ0n) is 22.6. The summed E-state index contributed by atoms with van der Waals surface area (Å²) in [6, 6.07) is 5.46. The number of aromatic nitrogens is 2. The Morgan fingerprint density at radius 1 is 1.12 bits per heavy atom. The van der Waals surface area contributed by atoms with Gasteiger partial charge in [0.2, 0.25) is 5.92 Å². The fourth-order valence-corrected chi connectivity index (χ4v) is 5.13. The molecule has 3 rings (SSSR count). The van der Waals surface area contributed by atoms with Crippen molar-refractivity contribution in [3.8, 4) is 0 Å². The molecule has 1 aliphatic rings. The van der Waals surface area contributed by atoms with Crippen LogP contribution >= 0.6 is 0 Å². The topological polar surface area (TPSA) is 114 Å². The predicted molar refractivity (Wildman–Crippen MR) is 138 cm³/mol. The van der Waals surface area contributed by atoms with E-state index in [0.717, 1.165) is 6.92 Å². The van der Waals surface area contributed by atoms with E-state index in [1.54, 1.807) is 20.8 Å². The van der Waals surface area contributed by atoms with Crippen molar-refractivity contribution >= 4 is 33.2 Å². The van der Waals surface area contributed by atoms with Gasteiger partial charge in [-0.15, -0.1) is 14.6 Å². The average molecular weight is 592 g/mol. The first-order valence-corrected chi connectivity index (χ1v) is 14.2. The number of ether oxygens (including phenoxy) is 1. The number of carbonyl (C=O) groups excluding carboxylic acids is 2. The minimum Gasteiger partial charge on any atom is -0.442 e. The molecule has 0 aliphatic carbocycles. The van der Waals surface area contributed by atoms with Crippen molar-refractivity contribution in [3.63, 3.8) is 0 Å². The maximum Gasteiger partial charge on any atom is 0.442 e. The molecule has 0 spiro atoms. The van der Waals surface area contributed by atoms with Gasteiger partial charge in [-0.05, 0) is 57.9 Å². The van der Waals surface area contributed by atoms with Crippen LogP contribution in [0.4, 0.5) is 38.3 Å². The van der Waals surface area contributed by atoms with Crippen molar-refractivity contribution in [3.05, 3.63) is 41.1 Å². The number of rotatable bonds is 4. The molecule has 2 heterocycles. The number of carbonyl (C=O) groups is 2. The second-order valence-electron chi connectivity index (χ2n) is 10.4. The molecule has 1 saturated heterocycles. The SMILES string of the molecule is Cc1c(C(F)(F)F)nnc(N2CCCC(F)(F)CC2)c1C(=O)Nc1cccc([S@@](C)(=O)=NC(=O)OC(C)(C)C)c1. The Morgan fingerprint density at radius 2 is 1.80 bits per heavy atom. The van der Waals surface area contributed by atoms with Gasteiger partial charge in [0.05, 0.1) is 15.3 Å². The number of alkyl halides is 5. The fourth-order valence-electron chi connectivity index (χ4n) is 4.03. The van der Waals surface area contributed by atoms with Crippen molar-refractivity contribution in [2.75, 3.05) is 29.6 Å². The van der Waals surface area contributed by atoms with E-state index < -0.39 is 69.1 Å². The lowest BCUT2D eigenvalue weighted by Crippen LogP contribution is -2.31. The number of anilines is 2. The van der Waals surface area contributed by atoms with Gasteiger partial charge in [0.15, 0.2) is 11.5 Å². The highest BCUT2D eigenvalue weighted by Crippen LogP contribution is 2.36. The van der Waals surface area contributed by atoms with Gasteiger partial charge in [0.25, 0.3) is 5.91 Å². The number of halogens is 5. The summed E-state index contributed by atoms with van der Waals surface area (Å²) in [7, 11) is -3.33. The molecule has 0 radical (unpaired) electrons. The lowest BCUT2D eigenvalue weighted by Gasteiger charge is -2.25. The van der Waals surface area contributed by atoms with E-state index in [4.69, 9.17) is 4.74 Å². The summed E-state index contributed by atoms with van der Waals surface area (Å²) >= 11 is 0. The molecule has 1 aromatic carbocycles. The number of amides is 2. The molecule has 1 N–H and O–H groups in total. The first-order valence-electron chi connectivity index (χ1n) is 12.2. The average Bonchev–Trinajstić information content (AvgIpc) is 2.96. The van der Waals surface area contributed by atoms with Gasteiger partial charge < -0.3 is 15.0 Å². The van der Waals surface area contributed by atoms with E-state index >= 15 is 0 Å². The second-order valence-corrected chi connectivity index (χ2v) is 12.7. The zero-order chi connectivity index (χ0) is 30.1. The summed E-state index contributed by atoms with van der Waals surface area (Å²) in [6.45, 7) is 5.68. The molecular weight excluding hydrogens is 561 g/mol. The van der Waals surface area contributed by atoms with Gasteiger partial charge in [-0.1, -0.05) is 6.07 Å². The number of hydrogen-bond acceptors (Lipinski definition) is 7. The summed E-state index contributed by atoms with van der Waals surface area (Å²) in [5.74, 6) is -4.22. The summed E-state index contributed by atoms with van der Waals surface area (Å²) < 4.78 is 90.6. The number of nitrogens with zero attached hydrogens (tertiary/aromatic N) is 4. The lowest BCUT2D eigenvalue weighted by atomic mass is 10.1. The molecule has 1 atom stereocenters. The lowest BCUT2D eigenvalue weighted by molar-refractivity contribution is -0.142. The van der Waals surface area contributed by atoms with Crippen molar-refractivity contribution in [1.82, 2.24) is 10.2 Å². The van der Waals surface area contributed by atoms with Gasteiger partial charge in [-0.25, -0.2) is 17.8 Å². The van der Waals surface area contributed by atoms with Crippen LogP contribution in [0.2, 0.25) is 0 Å². The van der Waals surface area contributed by atoms with Gasteiger partial charge >= 0.3 is 12.3 Å². The largest absolute Gasteiger partial charge is 0.442 e. The molecule has 40 heavy (non-hydrogen) atoms. The van der Waals surface area contributed by atoms with Gasteiger partial charge in [-0.2, -0.15) is 13.2 Å². The Balaban J connectivity index is 2.00. The van der Waals surface area contributed by atoms with Crippen LogP contribution in [0.5, 0.6) is 0 Å². The Hall–Kier alpha value is -3.36. The smallest absolute Gasteiger partial charge is 0.442 e. The Kier molecular flexibility index (Phi) is 8.77. The highest BCUT2D eigenvalue weighted by molar-refractivity contribution is 7.93. The summed E-state index contributed by atoms with van der Waals surface area (Å²) in [5, 5.41) is 9.36. The van der Waals surface area contributed by atoms with Crippen molar-refractivity contribution in [2.45, 2.75) is 69.6 Å². The highest BCUT2D eigenvalue weighted by Gasteiger charge is 2.39. The molecule has 15 heteroatoms. The minimum absolute atomic E-state index is 0.0316. The van der Waals surface area contributed by atoms with E-state index in [9.17, 15) is 35.8 Å². The summed E-state index contributed by atoms with van der Waals surface area (Å²) in [4.78, 5) is 26.9. The maximum atomic E-state index is 13.9. The standard InChI is InChI=1S/C25H30F5N5O4S/c1-15-18(20(33-32-19(15)25(28,29)30)35-12-7-10-24(26,27)11-13-35)21(36)31-16-8-6-9-17(14-16)40(5,38)34-22(37)39-23(2,3)4/h6,8-9,14H,7,10-13H2,1-5H3,(H,31,36)/t40-/m1/s1. The molecule has 0 unspecified atom stereocenters. The zero-order valence-corrected chi connectivity index (χ0v) is 23.4. The second kappa shape index (κ2) is 11.3. The Bertz CT molecular complexity index is 1420. The number of nitrogens with one attached hydrogen (secondary N) is 1. The molecule has 220 valence electrons. The first kappa shape index (κ1) is 31.2. The monoisotopic (exact) mass is 591 g/mol. The van der Waals surface area contributed by atoms with Crippen LogP contribution in [0.15, 0.2) is 33.5 Å². The quantitative estimate of drug-likeness (QED) is 0.429. The third-order valence-corrected chi connectivity index (χ3v) is 7.51. The molecule has 0 saturated carbocycles. The van der Waals surface area contributed by atoms with Crippen LogP contribution in [0.25, 0.3) is 0 Å². The predicted octanol–water partition coefficient (Wildman–Crippen LogP) is 6.07. The molecule has 1 aliphatic heterocycles. The molecule has 9 nitrogen and oxygen atoms in total. The summed E-state index contributed by atoms with van der Waals surface area (Å²) in [5.41, 5.74) is -3.23. The van der Waals surface area contributed by atoms with Crippen molar-refractivity contribution in [1.29, 1.82) is 0 Å². The van der Waals surface area contributed by atoms with E-state index in [1.807, 2.05) is 0 Å². The third kappa shape index (κ3) is 7.86. The summed E-state index contributed by atoms with van der Waals surface area (Å²) in [6.07, 6.45) is -5.73. The van der Waals surface area contributed by atoms with E-state index in [0.29, 0.717) is 0 Å². The minimum atomic E-state index is -4.92. The van der Waals surface area contributed by atoms with E-state index in [2.05, 4.69) is 19.9 Å². The van der Waals surface area contributed by atoms with Crippen LogP contribution in [-0.4, -0.2) is 57.3 Å². The van der Waals surface area contributed by atoms with E-state index in [1.165, 1.54) is 35.4 Å². The number of benzene rings is 1. The molecule has 0 bridgehead atoms. The van der Waals surface area contributed by atoms with Crippen LogP contribution in [-0.2, 0) is 20.6 Å². The van der Waals surface area contributed by atoms with Gasteiger partial charge in [0, 0.05) is 42.8 Å². The fraction of sp³-hybridized carbons (Fsp3) is 0.520. The van der Waals surface area contributed by atoms with Crippen LogP contribution in [0.3, 0.4) is 0 Å². The normalized spacial score (nSPS) is 17.4. The van der Waals surface area contributed by atoms with E-state index in [-0.39, 0.29) is 35.9 Å². The molecular formula is C25H30F5N5O4S. The van der Waals surface area contributed by atoms with Crippen LogP contribution < -0.4 is 10.2 Å². The first-order chi connectivity index (χ1) is 18.3. The van der Waals surface area contributed by atoms with Crippen LogP contribution in [0, 0.1) is 6.92 Å². The van der Waals surface area contributed by atoms with Crippen molar-refractivity contribution < 1.29 is 40.5 Å². The molecule has 1 aromatic heterocycles. The van der Waals surface area contributed by atoms with Crippen LogP contribution in [0.1, 0.15) is 61.6 Å². The third-order valence-electron chi connectivity index (χ3n) is 5.88. The molecule has 1 fully saturated rings. The van der Waals surface area contributed by atoms with Gasteiger partial charge in [-0.3, -0.25) is 4.79 Å². The molecule has 2 amide bonds. The number of hydrogen-bond donors (Lipinski definition) is 1. The Labute approximate surface area is 228 Å². The highest BCUT2D eigenvalue weighted by atomic mass is 32.2. The molecule has 2 aromatic rings. The Morgan fingerprint density at radius 3 is 2.42 bits per heavy atom. The van der Waals surface area contributed by atoms with Gasteiger partial charge in [0.1, 0.15) is 5.60 Å². The van der Waals surface area contributed by atoms with Crippen molar-refractivity contribution in [2.24, 2.45) is 4.36 Å².